The van der Waals surface area contributed by atoms with Crippen molar-refractivity contribution in [2.45, 2.75) is 136 Å². The van der Waals surface area contributed by atoms with Crippen LogP contribution in [0.15, 0.2) is 0 Å². The van der Waals surface area contributed by atoms with Gasteiger partial charge < -0.3 is 24.8 Å². The highest BCUT2D eigenvalue weighted by atomic mass is 16.5. The number of carbonyl (C=O) groups is 1. The third kappa shape index (κ3) is 11.5. The molecule has 6 nitrogen and oxygen atoms in total. The van der Waals surface area contributed by atoms with Crippen LogP contribution < -0.4 is 0 Å². The van der Waals surface area contributed by atoms with Gasteiger partial charge in [0.1, 0.15) is 0 Å². The van der Waals surface area contributed by atoms with E-state index in [9.17, 15) is 20.1 Å². The summed E-state index contributed by atoms with van der Waals surface area (Å²) in [5.74, 6) is 0.232. The Labute approximate surface area is 202 Å². The summed E-state index contributed by atoms with van der Waals surface area (Å²) in [7, 11) is 0. The van der Waals surface area contributed by atoms with E-state index in [0.717, 1.165) is 57.8 Å². The van der Waals surface area contributed by atoms with E-state index in [2.05, 4.69) is 20.8 Å². The normalized spacial score (nSPS) is 24.4. The molecule has 0 amide bonds. The number of rotatable bonds is 18. The number of ether oxygens (including phenoxy) is 2. The van der Waals surface area contributed by atoms with Crippen molar-refractivity contribution in [1.82, 2.24) is 0 Å². The smallest absolute Gasteiger partial charge is 0.306 e. The maximum Gasteiger partial charge on any atom is 0.306 e. The fourth-order valence-corrected chi connectivity index (χ4v) is 5.22. The molecular formula is C27H52O6. The van der Waals surface area contributed by atoms with E-state index in [-0.39, 0.29) is 54.7 Å². The summed E-state index contributed by atoms with van der Waals surface area (Å²) in [4.78, 5) is 11.7. The number of carbonyl (C=O) groups excluding carboxylic acids is 1. The fraction of sp³-hybridized carbons (Fsp3) is 0.963. The van der Waals surface area contributed by atoms with Crippen molar-refractivity contribution in [3.05, 3.63) is 0 Å². The second kappa shape index (κ2) is 16.1. The van der Waals surface area contributed by atoms with E-state index in [1.165, 1.54) is 0 Å². The average molecular weight is 473 g/mol. The summed E-state index contributed by atoms with van der Waals surface area (Å²) in [6.45, 7) is 10.5. The minimum absolute atomic E-state index is 0.0180. The zero-order chi connectivity index (χ0) is 24.9. The molecule has 0 radical (unpaired) electrons. The maximum atomic E-state index is 11.7. The van der Waals surface area contributed by atoms with Crippen molar-refractivity contribution < 1.29 is 29.6 Å². The Balaban J connectivity index is 2.54. The van der Waals surface area contributed by atoms with Crippen molar-refractivity contribution in [2.24, 2.45) is 17.3 Å². The molecule has 0 aliphatic heterocycles. The lowest BCUT2D eigenvalue weighted by molar-refractivity contribution is -0.147. The highest BCUT2D eigenvalue weighted by molar-refractivity contribution is 5.69. The Morgan fingerprint density at radius 2 is 1.76 bits per heavy atom. The van der Waals surface area contributed by atoms with Gasteiger partial charge in [0.25, 0.3) is 0 Å². The van der Waals surface area contributed by atoms with Crippen LogP contribution in [0, 0.1) is 17.3 Å². The molecule has 0 aromatic rings. The largest absolute Gasteiger partial charge is 0.463 e. The molecule has 6 heteroatoms. The van der Waals surface area contributed by atoms with Gasteiger partial charge in [-0.25, -0.2) is 0 Å². The molecule has 5 atom stereocenters. The van der Waals surface area contributed by atoms with Gasteiger partial charge in [-0.3, -0.25) is 4.79 Å². The molecule has 0 saturated heterocycles. The molecule has 0 spiro atoms. The number of aliphatic hydroxyl groups is 3. The van der Waals surface area contributed by atoms with Gasteiger partial charge in [0, 0.05) is 12.8 Å². The Kier molecular flexibility index (Phi) is 14.8. The molecule has 3 N–H and O–H groups in total. The summed E-state index contributed by atoms with van der Waals surface area (Å²) < 4.78 is 11.1. The van der Waals surface area contributed by atoms with Crippen LogP contribution in [0.5, 0.6) is 0 Å². The highest BCUT2D eigenvalue weighted by Crippen LogP contribution is 2.42. The lowest BCUT2D eigenvalue weighted by atomic mass is 9.77. The minimum atomic E-state index is -0.398. The highest BCUT2D eigenvalue weighted by Gasteiger charge is 2.43. The predicted octanol–water partition coefficient (Wildman–Crippen LogP) is 5.01. The standard InChI is InChI=1S/C27H52O6/c1-6-7-16-27(4,5)25(30)15-14-22-21(23(29)19-24(22)32-18-17-28)12-10-8-9-11-13-26(31)33-20(2)3/h20-25,28-30H,6-19H2,1-5H3/t21-,22-,23+,24-,25?/m1/s1. The van der Waals surface area contributed by atoms with Gasteiger partial charge in [-0.15, -0.1) is 0 Å². The molecule has 1 aliphatic carbocycles. The van der Waals surface area contributed by atoms with Gasteiger partial charge in [0.15, 0.2) is 0 Å². The molecule has 196 valence electrons. The predicted molar refractivity (Wildman–Crippen MR) is 132 cm³/mol. The van der Waals surface area contributed by atoms with E-state index in [4.69, 9.17) is 9.47 Å². The van der Waals surface area contributed by atoms with Gasteiger partial charge in [0.05, 0.1) is 37.6 Å². The van der Waals surface area contributed by atoms with Crippen LogP contribution in [-0.2, 0) is 14.3 Å². The number of esters is 1. The van der Waals surface area contributed by atoms with E-state index in [0.29, 0.717) is 19.3 Å². The van der Waals surface area contributed by atoms with E-state index < -0.39 is 6.10 Å². The van der Waals surface area contributed by atoms with Crippen LogP contribution >= 0.6 is 0 Å². The zero-order valence-corrected chi connectivity index (χ0v) is 21.9. The monoisotopic (exact) mass is 472 g/mol. The number of aliphatic hydroxyl groups excluding tert-OH is 3. The summed E-state index contributed by atoms with van der Waals surface area (Å²) >= 11 is 0. The maximum absolute atomic E-state index is 11.7. The third-order valence-corrected chi connectivity index (χ3v) is 7.30. The topological polar surface area (TPSA) is 96.2 Å². The molecule has 0 bridgehead atoms. The van der Waals surface area contributed by atoms with Crippen LogP contribution in [0.25, 0.3) is 0 Å². The second-order valence-corrected chi connectivity index (χ2v) is 10.9. The SMILES string of the molecule is CCCCC(C)(C)C(O)CC[C@@H]1[C@@H](CCCCCCC(=O)OC(C)C)[C@@H](O)C[C@H]1OCCO. The Bertz CT molecular complexity index is 521. The van der Waals surface area contributed by atoms with E-state index >= 15 is 0 Å². The lowest BCUT2D eigenvalue weighted by Crippen LogP contribution is -2.32. The molecule has 1 saturated carbocycles. The number of hydrogen-bond donors (Lipinski definition) is 3. The summed E-state index contributed by atoms with van der Waals surface area (Å²) in [5, 5.41) is 30.8. The Morgan fingerprint density at radius 1 is 1.06 bits per heavy atom. The van der Waals surface area contributed by atoms with Crippen LogP contribution in [0.4, 0.5) is 0 Å². The summed E-state index contributed by atoms with van der Waals surface area (Å²) in [6.07, 6.45) is 9.76. The van der Waals surface area contributed by atoms with Crippen molar-refractivity contribution in [3.8, 4) is 0 Å². The van der Waals surface area contributed by atoms with Crippen LogP contribution in [0.3, 0.4) is 0 Å². The second-order valence-electron chi connectivity index (χ2n) is 10.9. The van der Waals surface area contributed by atoms with Crippen LogP contribution in [-0.4, -0.2) is 58.9 Å². The molecule has 0 aromatic heterocycles. The number of hydrogen-bond acceptors (Lipinski definition) is 6. The molecule has 1 fully saturated rings. The first kappa shape index (κ1) is 30.3. The van der Waals surface area contributed by atoms with Gasteiger partial charge in [0.2, 0.25) is 0 Å². The Hall–Kier alpha value is -0.690. The van der Waals surface area contributed by atoms with E-state index in [1.807, 2.05) is 13.8 Å². The van der Waals surface area contributed by atoms with Crippen molar-refractivity contribution in [1.29, 1.82) is 0 Å². The first-order chi connectivity index (χ1) is 15.6. The number of unbranched alkanes of at least 4 members (excludes halogenated alkanes) is 4. The molecule has 1 unspecified atom stereocenters. The summed E-state index contributed by atoms with van der Waals surface area (Å²) in [5.41, 5.74) is -0.110. The fourth-order valence-electron chi connectivity index (χ4n) is 5.22. The third-order valence-electron chi connectivity index (χ3n) is 7.30. The lowest BCUT2D eigenvalue weighted by Gasteiger charge is -2.33. The average Bonchev–Trinajstić information content (AvgIpc) is 3.05. The molecule has 33 heavy (non-hydrogen) atoms. The molecule has 1 rings (SSSR count). The molecule has 1 aliphatic rings. The van der Waals surface area contributed by atoms with Crippen molar-refractivity contribution in [2.75, 3.05) is 13.2 Å². The van der Waals surface area contributed by atoms with E-state index in [1.54, 1.807) is 0 Å². The van der Waals surface area contributed by atoms with Crippen molar-refractivity contribution >= 4 is 5.97 Å². The van der Waals surface area contributed by atoms with Gasteiger partial charge in [-0.1, -0.05) is 52.9 Å². The first-order valence-corrected chi connectivity index (χ1v) is 13.4. The molecule has 0 heterocycles. The zero-order valence-electron chi connectivity index (χ0n) is 21.9. The van der Waals surface area contributed by atoms with Crippen LogP contribution in [0.1, 0.15) is 112 Å². The molecule has 0 aromatic carbocycles. The van der Waals surface area contributed by atoms with Crippen LogP contribution in [0.2, 0.25) is 0 Å². The van der Waals surface area contributed by atoms with Gasteiger partial charge >= 0.3 is 5.97 Å². The summed E-state index contributed by atoms with van der Waals surface area (Å²) in [6, 6.07) is 0. The quantitative estimate of drug-likeness (QED) is 0.192. The van der Waals surface area contributed by atoms with Gasteiger partial charge in [-0.2, -0.15) is 0 Å². The minimum Gasteiger partial charge on any atom is -0.463 e. The first-order valence-electron chi connectivity index (χ1n) is 13.4. The molecular weight excluding hydrogens is 420 g/mol. The van der Waals surface area contributed by atoms with Gasteiger partial charge in [-0.05, 0) is 63.2 Å². The Morgan fingerprint density at radius 3 is 2.39 bits per heavy atom. The van der Waals surface area contributed by atoms with Crippen molar-refractivity contribution in [3.63, 3.8) is 0 Å².